The number of likely N-dealkylation sites (N-methyl/N-ethyl adjacent to an activating group) is 1. The smallest absolute Gasteiger partial charge is 0.241 e. The summed E-state index contributed by atoms with van der Waals surface area (Å²) in [6.07, 6.45) is 0. The lowest BCUT2D eigenvalue weighted by Gasteiger charge is -2.30. The van der Waals surface area contributed by atoms with Crippen molar-refractivity contribution in [3.05, 3.63) is 24.0 Å². The Morgan fingerprint density at radius 1 is 1.42 bits per heavy atom. The molecule has 19 heavy (non-hydrogen) atoms. The number of anilines is 2. The highest BCUT2D eigenvalue weighted by molar-refractivity contribution is 5.97. The molecule has 0 heterocycles. The molecule has 0 aliphatic carbocycles. The Morgan fingerprint density at radius 3 is 2.53 bits per heavy atom. The normalized spacial score (nSPS) is 12.8. The summed E-state index contributed by atoms with van der Waals surface area (Å²) in [5.41, 5.74) is 6.34. The molecule has 1 amide bonds. The van der Waals surface area contributed by atoms with Gasteiger partial charge in [-0.15, -0.1) is 0 Å². The van der Waals surface area contributed by atoms with Crippen LogP contribution in [0.5, 0.6) is 0 Å². The number of nitrogens with one attached hydrogen (secondary N) is 1. The van der Waals surface area contributed by atoms with Crippen LogP contribution in [0.4, 0.5) is 15.8 Å². The van der Waals surface area contributed by atoms with Gasteiger partial charge in [0.1, 0.15) is 5.82 Å². The molecule has 0 aliphatic rings. The Balaban J connectivity index is 2.78. The molecule has 1 aromatic carbocycles. The van der Waals surface area contributed by atoms with Gasteiger partial charge in [0.05, 0.1) is 17.4 Å². The number of nitrogens with zero attached hydrogens (tertiary/aromatic N) is 1. The first kappa shape index (κ1) is 15.4. The molecule has 1 unspecified atom stereocenters. The quantitative estimate of drug-likeness (QED) is 0.806. The Bertz CT molecular complexity index is 448. The molecule has 4 nitrogen and oxygen atoms in total. The fourth-order valence-corrected chi connectivity index (χ4v) is 2.12. The molecule has 106 valence electrons. The number of nitrogen functional groups attached to an aromatic ring is 1. The van der Waals surface area contributed by atoms with Crippen molar-refractivity contribution in [2.45, 2.75) is 39.8 Å². The maximum absolute atomic E-state index is 12.9. The molecular weight excluding hydrogens is 245 g/mol. The van der Waals surface area contributed by atoms with Crippen LogP contribution in [0.15, 0.2) is 18.2 Å². The van der Waals surface area contributed by atoms with Crippen LogP contribution in [0, 0.1) is 5.82 Å². The maximum Gasteiger partial charge on any atom is 0.241 e. The lowest BCUT2D eigenvalue weighted by atomic mass is 10.2. The van der Waals surface area contributed by atoms with Gasteiger partial charge in [-0.2, -0.15) is 0 Å². The molecule has 0 fully saturated rings. The van der Waals surface area contributed by atoms with Crippen LogP contribution in [-0.4, -0.2) is 29.4 Å². The number of hydrogen-bond acceptors (Lipinski definition) is 3. The third-order valence-corrected chi connectivity index (χ3v) is 3.18. The van der Waals surface area contributed by atoms with Gasteiger partial charge < -0.3 is 11.1 Å². The van der Waals surface area contributed by atoms with Crippen LogP contribution in [0.1, 0.15) is 27.7 Å². The van der Waals surface area contributed by atoms with Crippen LogP contribution in [0.25, 0.3) is 0 Å². The highest BCUT2D eigenvalue weighted by Gasteiger charge is 2.22. The summed E-state index contributed by atoms with van der Waals surface area (Å²) in [7, 11) is 0. The van der Waals surface area contributed by atoms with Crippen LogP contribution in [-0.2, 0) is 4.79 Å². The van der Waals surface area contributed by atoms with Crippen LogP contribution < -0.4 is 11.1 Å². The lowest BCUT2D eigenvalue weighted by Crippen LogP contribution is -2.45. The van der Waals surface area contributed by atoms with Crippen molar-refractivity contribution in [2.24, 2.45) is 0 Å². The molecule has 0 saturated heterocycles. The van der Waals surface area contributed by atoms with Crippen LogP contribution in [0.3, 0.4) is 0 Å². The van der Waals surface area contributed by atoms with Gasteiger partial charge in [-0.3, -0.25) is 9.69 Å². The predicted molar refractivity (Wildman–Crippen MR) is 76.4 cm³/mol. The van der Waals surface area contributed by atoms with Gasteiger partial charge in [0.15, 0.2) is 0 Å². The van der Waals surface area contributed by atoms with Gasteiger partial charge in [0.25, 0.3) is 0 Å². The van der Waals surface area contributed by atoms with Gasteiger partial charge in [-0.1, -0.05) is 6.92 Å². The SMILES string of the molecule is CCN(C(C)C)C(C)C(=O)Nc1ccc(F)cc1N. The summed E-state index contributed by atoms with van der Waals surface area (Å²) < 4.78 is 12.9. The van der Waals surface area contributed by atoms with E-state index in [1.54, 1.807) is 0 Å². The Labute approximate surface area is 113 Å². The first-order valence-corrected chi connectivity index (χ1v) is 6.48. The molecule has 0 radical (unpaired) electrons. The van der Waals surface area contributed by atoms with Crippen molar-refractivity contribution < 1.29 is 9.18 Å². The Morgan fingerprint density at radius 2 is 2.05 bits per heavy atom. The summed E-state index contributed by atoms with van der Waals surface area (Å²) in [5, 5.41) is 2.73. The van der Waals surface area contributed by atoms with Crippen molar-refractivity contribution >= 4 is 17.3 Å². The second-order valence-corrected chi connectivity index (χ2v) is 4.82. The number of rotatable bonds is 5. The lowest BCUT2D eigenvalue weighted by molar-refractivity contribution is -0.121. The third-order valence-electron chi connectivity index (χ3n) is 3.18. The minimum absolute atomic E-state index is 0.145. The van der Waals surface area contributed by atoms with E-state index in [4.69, 9.17) is 5.73 Å². The molecule has 3 N–H and O–H groups in total. The van der Waals surface area contributed by atoms with Crippen molar-refractivity contribution in [1.29, 1.82) is 0 Å². The summed E-state index contributed by atoms with van der Waals surface area (Å²) in [6, 6.07) is 3.95. The fraction of sp³-hybridized carbons (Fsp3) is 0.500. The van der Waals surface area contributed by atoms with E-state index in [9.17, 15) is 9.18 Å². The summed E-state index contributed by atoms with van der Waals surface area (Å²) >= 11 is 0. The molecule has 0 saturated carbocycles. The van der Waals surface area contributed by atoms with Gasteiger partial charge in [0, 0.05) is 6.04 Å². The monoisotopic (exact) mass is 267 g/mol. The van der Waals surface area contributed by atoms with E-state index < -0.39 is 5.82 Å². The molecule has 5 heteroatoms. The number of halogens is 1. The molecule has 0 spiro atoms. The van der Waals surface area contributed by atoms with Gasteiger partial charge in [-0.25, -0.2) is 4.39 Å². The fourth-order valence-electron chi connectivity index (χ4n) is 2.12. The first-order chi connectivity index (χ1) is 8.86. The number of benzene rings is 1. The van der Waals surface area contributed by atoms with E-state index in [1.165, 1.54) is 18.2 Å². The molecule has 0 bridgehead atoms. The topological polar surface area (TPSA) is 58.4 Å². The van der Waals surface area contributed by atoms with Crippen molar-refractivity contribution in [3.63, 3.8) is 0 Å². The average Bonchev–Trinajstić information content (AvgIpc) is 2.32. The van der Waals surface area contributed by atoms with Crippen LogP contribution in [0.2, 0.25) is 0 Å². The number of carbonyl (C=O) groups excluding carboxylic acids is 1. The van der Waals surface area contributed by atoms with E-state index in [2.05, 4.69) is 10.2 Å². The predicted octanol–water partition coefficient (Wildman–Crippen LogP) is 2.47. The molecule has 0 aliphatic heterocycles. The minimum atomic E-state index is -0.416. The second-order valence-electron chi connectivity index (χ2n) is 4.82. The van der Waals surface area contributed by atoms with Crippen molar-refractivity contribution in [2.75, 3.05) is 17.6 Å². The molecule has 1 rings (SSSR count). The summed E-state index contributed by atoms with van der Waals surface area (Å²) in [4.78, 5) is 14.2. The zero-order valence-corrected chi connectivity index (χ0v) is 11.9. The van der Waals surface area contributed by atoms with Gasteiger partial charge >= 0.3 is 0 Å². The zero-order chi connectivity index (χ0) is 14.6. The summed E-state index contributed by atoms with van der Waals surface area (Å²) in [5.74, 6) is -0.560. The molecule has 1 atom stereocenters. The molecule has 0 aromatic heterocycles. The van der Waals surface area contributed by atoms with Gasteiger partial charge in [-0.05, 0) is 45.5 Å². The average molecular weight is 267 g/mol. The Kier molecular flexibility index (Phi) is 5.30. The minimum Gasteiger partial charge on any atom is -0.397 e. The van der Waals surface area contributed by atoms with E-state index in [0.29, 0.717) is 5.69 Å². The van der Waals surface area contributed by atoms with Crippen molar-refractivity contribution in [1.82, 2.24) is 4.90 Å². The van der Waals surface area contributed by atoms with E-state index in [0.717, 1.165) is 6.54 Å². The van der Waals surface area contributed by atoms with Crippen LogP contribution >= 0.6 is 0 Å². The standard InChI is InChI=1S/C14H22FN3O/c1-5-18(9(2)3)10(4)14(19)17-13-7-6-11(15)8-12(13)16/h6-10H,5,16H2,1-4H3,(H,17,19). The Hall–Kier alpha value is -1.62. The highest BCUT2D eigenvalue weighted by Crippen LogP contribution is 2.20. The van der Waals surface area contributed by atoms with E-state index in [-0.39, 0.29) is 23.7 Å². The number of amides is 1. The number of carbonyl (C=O) groups is 1. The highest BCUT2D eigenvalue weighted by atomic mass is 19.1. The third kappa shape index (κ3) is 3.92. The van der Waals surface area contributed by atoms with Crippen molar-refractivity contribution in [3.8, 4) is 0 Å². The molecular formula is C14H22FN3O. The summed E-state index contributed by atoms with van der Waals surface area (Å²) in [6.45, 7) is 8.72. The maximum atomic E-state index is 12.9. The van der Waals surface area contributed by atoms with E-state index >= 15 is 0 Å². The molecule has 1 aromatic rings. The number of hydrogen-bond donors (Lipinski definition) is 2. The largest absolute Gasteiger partial charge is 0.397 e. The van der Waals surface area contributed by atoms with E-state index in [1.807, 2.05) is 27.7 Å². The first-order valence-electron chi connectivity index (χ1n) is 6.48. The van der Waals surface area contributed by atoms with Gasteiger partial charge in [0.2, 0.25) is 5.91 Å². The number of nitrogens with two attached hydrogens (primary N) is 1. The second kappa shape index (κ2) is 6.52. The zero-order valence-electron chi connectivity index (χ0n) is 11.9.